The molecule has 0 spiro atoms. The van der Waals surface area contributed by atoms with Gasteiger partial charge in [-0.25, -0.2) is 0 Å². The second kappa shape index (κ2) is 13.1. The zero-order valence-corrected chi connectivity index (χ0v) is 21.5. The molecule has 0 aromatic heterocycles. The van der Waals surface area contributed by atoms with Crippen molar-refractivity contribution in [3.05, 3.63) is 71.3 Å². The molecular weight excluding hydrogens is 459 g/mol. The predicted octanol–water partition coefficient (Wildman–Crippen LogP) is 8.43. The summed E-state index contributed by atoms with van der Waals surface area (Å²) < 4.78 is 5.77. The van der Waals surface area contributed by atoms with Gasteiger partial charge in [-0.15, -0.1) is 0 Å². The van der Waals surface area contributed by atoms with Crippen LogP contribution in [-0.2, 0) is 0 Å². The summed E-state index contributed by atoms with van der Waals surface area (Å²) in [5, 5.41) is 0. The molecule has 0 amide bonds. The molecular formula is C27H38OSn. The minimum absolute atomic E-state index is 0.861. The van der Waals surface area contributed by atoms with E-state index in [1.54, 1.807) is 3.59 Å². The van der Waals surface area contributed by atoms with E-state index in [0.717, 1.165) is 11.8 Å². The molecule has 0 fully saturated rings. The number of aldehydes is 1. The van der Waals surface area contributed by atoms with Crippen LogP contribution >= 0.6 is 0 Å². The molecule has 0 aliphatic rings. The van der Waals surface area contributed by atoms with Gasteiger partial charge in [0.15, 0.2) is 0 Å². The Bertz CT molecular complexity index is 741. The van der Waals surface area contributed by atoms with E-state index in [-0.39, 0.29) is 0 Å². The monoisotopic (exact) mass is 498 g/mol. The Morgan fingerprint density at radius 2 is 1.28 bits per heavy atom. The van der Waals surface area contributed by atoms with Gasteiger partial charge >= 0.3 is 183 Å². The van der Waals surface area contributed by atoms with Gasteiger partial charge in [-0.2, -0.15) is 0 Å². The van der Waals surface area contributed by atoms with Crippen LogP contribution in [0.3, 0.4) is 0 Å². The molecule has 0 radical (unpaired) electrons. The Kier molecular flexibility index (Phi) is 10.8. The van der Waals surface area contributed by atoms with Gasteiger partial charge in [0.05, 0.1) is 0 Å². The molecule has 2 aromatic carbocycles. The van der Waals surface area contributed by atoms with E-state index in [1.807, 2.05) is 12.1 Å². The van der Waals surface area contributed by atoms with E-state index >= 15 is 0 Å². The van der Waals surface area contributed by atoms with Crippen molar-refractivity contribution < 1.29 is 4.79 Å². The zero-order valence-electron chi connectivity index (χ0n) is 18.6. The second-order valence-electron chi connectivity index (χ2n) is 8.26. The molecule has 0 saturated heterocycles. The molecule has 0 atom stereocenters. The number of unbranched alkanes of at least 4 members (excludes halogenated alkanes) is 3. The Labute approximate surface area is 182 Å². The number of rotatable bonds is 13. The van der Waals surface area contributed by atoms with Crippen molar-refractivity contribution in [1.82, 2.24) is 0 Å². The molecule has 2 aromatic rings. The summed E-state index contributed by atoms with van der Waals surface area (Å²) in [6.07, 6.45) is 11.2. The molecule has 1 nitrogen and oxygen atoms in total. The summed E-state index contributed by atoms with van der Waals surface area (Å²) in [6, 6.07) is 19.0. The number of benzene rings is 2. The molecule has 0 unspecified atom stereocenters. The summed E-state index contributed by atoms with van der Waals surface area (Å²) in [7, 11) is 0. The quantitative estimate of drug-likeness (QED) is 0.154. The zero-order chi connectivity index (χ0) is 21.0. The van der Waals surface area contributed by atoms with Crippen LogP contribution in [0, 0.1) is 0 Å². The average molecular weight is 497 g/mol. The molecule has 0 saturated carbocycles. The number of carbonyl (C=O) groups is 1. The van der Waals surface area contributed by atoms with Gasteiger partial charge in [-0.05, 0) is 0 Å². The van der Waals surface area contributed by atoms with Gasteiger partial charge in [0.2, 0.25) is 0 Å². The van der Waals surface area contributed by atoms with Crippen LogP contribution < -0.4 is 0 Å². The van der Waals surface area contributed by atoms with E-state index in [1.165, 1.54) is 63.0 Å². The first-order valence-corrected chi connectivity index (χ1v) is 19.0. The Balaban J connectivity index is 2.70. The van der Waals surface area contributed by atoms with Gasteiger partial charge in [0.1, 0.15) is 0 Å². The van der Waals surface area contributed by atoms with Crippen molar-refractivity contribution in [1.29, 1.82) is 0 Å². The third kappa shape index (κ3) is 6.84. The molecule has 0 aliphatic carbocycles. The average Bonchev–Trinajstić information content (AvgIpc) is 2.78. The number of carbonyl (C=O) groups excluding carboxylic acids is 1. The van der Waals surface area contributed by atoms with Gasteiger partial charge in [-0.1, -0.05) is 0 Å². The fourth-order valence-electron chi connectivity index (χ4n) is 4.40. The van der Waals surface area contributed by atoms with Crippen molar-refractivity contribution in [2.45, 2.75) is 72.6 Å². The first-order valence-electron chi connectivity index (χ1n) is 11.5. The van der Waals surface area contributed by atoms with Crippen LogP contribution in [0.4, 0.5) is 0 Å². The third-order valence-electron chi connectivity index (χ3n) is 6.09. The fourth-order valence-corrected chi connectivity index (χ4v) is 21.3. The van der Waals surface area contributed by atoms with Crippen molar-refractivity contribution in [2.24, 2.45) is 0 Å². The summed E-state index contributed by atoms with van der Waals surface area (Å²) in [5.74, 6) is 0. The van der Waals surface area contributed by atoms with Crippen molar-refractivity contribution in [3.63, 3.8) is 0 Å². The van der Waals surface area contributed by atoms with E-state index in [9.17, 15) is 4.79 Å². The third-order valence-corrected chi connectivity index (χ3v) is 21.8. The second-order valence-corrected chi connectivity index (χ2v) is 21.4. The van der Waals surface area contributed by atoms with E-state index in [4.69, 9.17) is 0 Å². The van der Waals surface area contributed by atoms with Gasteiger partial charge in [0.25, 0.3) is 0 Å². The topological polar surface area (TPSA) is 17.1 Å². The minimum atomic E-state index is -2.72. The van der Waals surface area contributed by atoms with Crippen LogP contribution in [0.5, 0.6) is 0 Å². The maximum absolute atomic E-state index is 11.9. The maximum atomic E-state index is 11.9. The first kappa shape index (κ1) is 23.9. The number of hydrogen-bond donors (Lipinski definition) is 0. The summed E-state index contributed by atoms with van der Waals surface area (Å²) >= 11 is -2.72. The summed E-state index contributed by atoms with van der Waals surface area (Å²) in [6.45, 7) is 6.95. The molecule has 2 heteroatoms. The molecule has 0 bridgehead atoms. The molecule has 0 heterocycles. The van der Waals surface area contributed by atoms with Crippen LogP contribution in [0.2, 0.25) is 13.3 Å². The first-order chi connectivity index (χ1) is 14.2. The van der Waals surface area contributed by atoms with Crippen molar-refractivity contribution in [3.8, 4) is 0 Å². The van der Waals surface area contributed by atoms with Gasteiger partial charge in [0, 0.05) is 0 Å². The molecule has 0 N–H and O–H groups in total. The van der Waals surface area contributed by atoms with Crippen LogP contribution in [0.15, 0.2) is 54.6 Å². The van der Waals surface area contributed by atoms with E-state index < -0.39 is 18.4 Å². The summed E-state index contributed by atoms with van der Waals surface area (Å²) in [4.78, 5) is 11.9. The molecule has 2 rings (SSSR count). The standard InChI is InChI=1S/C15H11O.3C4H9.Sn/c16-12-15-9-5-4-8-14(15)11-10-13-6-2-1-3-7-13;3*1-3-4-2;/h1-10,12H;3*1,3-4H2,2H3;. The van der Waals surface area contributed by atoms with Crippen LogP contribution in [0.25, 0.3) is 9.67 Å². The summed E-state index contributed by atoms with van der Waals surface area (Å²) in [5.41, 5.74) is 3.35. The van der Waals surface area contributed by atoms with Crippen LogP contribution in [-0.4, -0.2) is 24.7 Å². The number of hydrogen-bond acceptors (Lipinski definition) is 1. The molecule has 0 aliphatic heterocycles. The van der Waals surface area contributed by atoms with Crippen LogP contribution in [0.1, 0.15) is 80.8 Å². The molecule has 29 heavy (non-hydrogen) atoms. The predicted molar refractivity (Wildman–Crippen MR) is 131 cm³/mol. The Hall–Kier alpha value is -1.35. The van der Waals surface area contributed by atoms with E-state index in [2.05, 4.69) is 69.3 Å². The van der Waals surface area contributed by atoms with E-state index in [0.29, 0.717) is 0 Å². The SMILES string of the molecule is CCC[CH2][Sn]([CH2]CCC)([CH2]CCC)/[C](=C/c1ccccc1)c1ccccc1C=O. The van der Waals surface area contributed by atoms with Gasteiger partial charge in [-0.3, -0.25) is 0 Å². The van der Waals surface area contributed by atoms with Gasteiger partial charge < -0.3 is 0 Å². The Morgan fingerprint density at radius 3 is 1.79 bits per heavy atom. The fraction of sp³-hybridized carbons (Fsp3) is 0.444. The Morgan fingerprint density at radius 1 is 0.759 bits per heavy atom. The molecule has 156 valence electrons. The van der Waals surface area contributed by atoms with Crippen molar-refractivity contribution in [2.75, 3.05) is 0 Å². The van der Waals surface area contributed by atoms with Crippen molar-refractivity contribution >= 4 is 34.3 Å². The normalized spacial score (nSPS) is 12.2.